The summed E-state index contributed by atoms with van der Waals surface area (Å²) in [6.45, 7) is 5.10. The molecule has 1 saturated heterocycles. The first kappa shape index (κ1) is 16.8. The number of hydrogen-bond donors (Lipinski definition) is 2. The molecular weight excluding hydrogens is 280 g/mol. The van der Waals surface area contributed by atoms with Crippen molar-refractivity contribution in [3.8, 4) is 5.75 Å². The van der Waals surface area contributed by atoms with Gasteiger partial charge >= 0.3 is 0 Å². The zero-order chi connectivity index (χ0) is 13.5. The van der Waals surface area contributed by atoms with E-state index in [0.29, 0.717) is 12.1 Å². The Hall–Kier alpha value is -1.30. The van der Waals surface area contributed by atoms with Crippen LogP contribution < -0.4 is 5.32 Å². The number of morpholine rings is 1. The summed E-state index contributed by atoms with van der Waals surface area (Å²) in [5.41, 5.74) is 0.328. The lowest BCUT2D eigenvalue weighted by molar-refractivity contribution is 0.0374. The third-order valence-corrected chi connectivity index (χ3v) is 3.19. The second-order valence-electron chi connectivity index (χ2n) is 4.58. The number of nitrogens with one attached hydrogen (secondary N) is 1. The average Bonchev–Trinajstić information content (AvgIpc) is 2.45. The summed E-state index contributed by atoms with van der Waals surface area (Å²) >= 11 is 0. The van der Waals surface area contributed by atoms with Gasteiger partial charge in [0, 0.05) is 19.6 Å². The molecule has 5 nitrogen and oxygen atoms in total. The van der Waals surface area contributed by atoms with E-state index >= 15 is 0 Å². The fourth-order valence-electron chi connectivity index (χ4n) is 2.09. The van der Waals surface area contributed by atoms with E-state index < -0.39 is 0 Å². The van der Waals surface area contributed by atoms with Crippen LogP contribution in [-0.4, -0.2) is 55.3 Å². The number of hydrogen-bond acceptors (Lipinski definition) is 4. The first-order valence-corrected chi connectivity index (χ1v) is 6.63. The topological polar surface area (TPSA) is 61.8 Å². The molecular formula is C14H21ClN2O3. The van der Waals surface area contributed by atoms with Crippen LogP contribution in [0.3, 0.4) is 0 Å². The Morgan fingerprint density at radius 2 is 2.00 bits per heavy atom. The minimum Gasteiger partial charge on any atom is -0.507 e. The zero-order valence-electron chi connectivity index (χ0n) is 11.4. The standard InChI is InChI=1S/C14H20N2O3.ClH/c17-13-5-2-1-4-12(13)14(18)15-6-3-7-16-8-10-19-11-9-16;/h1-2,4-5,17H,3,6-11H2,(H,15,18);1H. The highest BCUT2D eigenvalue weighted by Gasteiger charge is 2.11. The number of aromatic hydroxyl groups is 1. The third-order valence-electron chi connectivity index (χ3n) is 3.19. The van der Waals surface area contributed by atoms with E-state index in [-0.39, 0.29) is 24.1 Å². The van der Waals surface area contributed by atoms with Gasteiger partial charge in [-0.05, 0) is 25.1 Å². The quantitative estimate of drug-likeness (QED) is 0.804. The Morgan fingerprint density at radius 1 is 1.30 bits per heavy atom. The summed E-state index contributed by atoms with van der Waals surface area (Å²) in [5.74, 6) is -0.201. The number of phenolic OH excluding ortho intramolecular Hbond substituents is 1. The maximum absolute atomic E-state index is 11.8. The van der Waals surface area contributed by atoms with Crippen molar-refractivity contribution in [3.63, 3.8) is 0 Å². The number of halogens is 1. The summed E-state index contributed by atoms with van der Waals surface area (Å²) in [5, 5.41) is 12.4. The van der Waals surface area contributed by atoms with Crippen LogP contribution in [0.1, 0.15) is 16.8 Å². The van der Waals surface area contributed by atoms with Crippen molar-refractivity contribution in [3.05, 3.63) is 29.8 Å². The number of para-hydroxylation sites is 1. The van der Waals surface area contributed by atoms with Crippen LogP contribution in [0.2, 0.25) is 0 Å². The lowest BCUT2D eigenvalue weighted by Gasteiger charge is -2.26. The highest BCUT2D eigenvalue weighted by Crippen LogP contribution is 2.14. The molecule has 6 heteroatoms. The summed E-state index contributed by atoms with van der Waals surface area (Å²) in [6, 6.07) is 6.57. The van der Waals surface area contributed by atoms with E-state index in [1.807, 2.05) is 0 Å². The van der Waals surface area contributed by atoms with Crippen LogP contribution >= 0.6 is 12.4 Å². The number of carbonyl (C=O) groups is 1. The molecule has 1 aromatic rings. The van der Waals surface area contributed by atoms with Gasteiger partial charge in [-0.25, -0.2) is 0 Å². The molecule has 112 valence electrons. The number of ether oxygens (including phenoxy) is 1. The second kappa shape index (κ2) is 8.79. The summed E-state index contributed by atoms with van der Waals surface area (Å²) < 4.78 is 5.28. The van der Waals surface area contributed by atoms with Crippen molar-refractivity contribution >= 4 is 18.3 Å². The molecule has 0 saturated carbocycles. The van der Waals surface area contributed by atoms with Crippen molar-refractivity contribution in [2.24, 2.45) is 0 Å². The summed E-state index contributed by atoms with van der Waals surface area (Å²) in [4.78, 5) is 14.1. The van der Waals surface area contributed by atoms with E-state index in [1.165, 1.54) is 6.07 Å². The number of rotatable bonds is 5. The van der Waals surface area contributed by atoms with Crippen LogP contribution in [0.15, 0.2) is 24.3 Å². The van der Waals surface area contributed by atoms with Crippen LogP contribution in [0.5, 0.6) is 5.75 Å². The van der Waals surface area contributed by atoms with Gasteiger partial charge in [0.05, 0.1) is 18.8 Å². The van der Waals surface area contributed by atoms with Gasteiger partial charge in [-0.3, -0.25) is 9.69 Å². The van der Waals surface area contributed by atoms with Gasteiger partial charge < -0.3 is 15.2 Å². The molecule has 1 aliphatic heterocycles. The van der Waals surface area contributed by atoms with E-state index in [4.69, 9.17) is 4.74 Å². The Labute approximate surface area is 125 Å². The molecule has 1 fully saturated rings. The second-order valence-corrected chi connectivity index (χ2v) is 4.58. The lowest BCUT2D eigenvalue weighted by Crippen LogP contribution is -2.38. The van der Waals surface area contributed by atoms with Gasteiger partial charge in [0.1, 0.15) is 5.75 Å². The fourth-order valence-corrected chi connectivity index (χ4v) is 2.09. The Morgan fingerprint density at radius 3 is 2.70 bits per heavy atom. The minimum absolute atomic E-state index is 0. The van der Waals surface area contributed by atoms with E-state index in [9.17, 15) is 9.90 Å². The van der Waals surface area contributed by atoms with Crippen LogP contribution in [0, 0.1) is 0 Å². The number of carbonyl (C=O) groups excluding carboxylic acids is 1. The first-order valence-electron chi connectivity index (χ1n) is 6.63. The summed E-state index contributed by atoms with van der Waals surface area (Å²) in [6.07, 6.45) is 0.902. The maximum Gasteiger partial charge on any atom is 0.255 e. The number of amides is 1. The van der Waals surface area contributed by atoms with Crippen LogP contribution in [0.25, 0.3) is 0 Å². The molecule has 0 aromatic heterocycles. The molecule has 1 aliphatic rings. The Bertz CT molecular complexity index is 423. The monoisotopic (exact) mass is 300 g/mol. The molecule has 1 amide bonds. The molecule has 0 spiro atoms. The van der Waals surface area contributed by atoms with Crippen molar-refractivity contribution < 1.29 is 14.6 Å². The van der Waals surface area contributed by atoms with E-state index in [2.05, 4.69) is 10.2 Å². The molecule has 0 radical (unpaired) electrons. The van der Waals surface area contributed by atoms with Crippen molar-refractivity contribution in [2.75, 3.05) is 39.4 Å². The number of phenols is 1. The molecule has 0 aliphatic carbocycles. The predicted octanol–water partition coefficient (Wildman–Crippen LogP) is 1.27. The largest absolute Gasteiger partial charge is 0.507 e. The van der Waals surface area contributed by atoms with E-state index in [0.717, 1.165) is 39.3 Å². The van der Waals surface area contributed by atoms with Crippen molar-refractivity contribution in [1.82, 2.24) is 10.2 Å². The summed E-state index contributed by atoms with van der Waals surface area (Å²) in [7, 11) is 0. The van der Waals surface area contributed by atoms with Gasteiger partial charge in [-0.2, -0.15) is 0 Å². The predicted molar refractivity (Wildman–Crippen MR) is 79.6 cm³/mol. The SMILES string of the molecule is Cl.O=C(NCCCN1CCOCC1)c1ccccc1O. The minimum atomic E-state index is -0.222. The van der Waals surface area contributed by atoms with Crippen molar-refractivity contribution in [1.29, 1.82) is 0 Å². The molecule has 0 unspecified atom stereocenters. The Kier molecular flexibility index (Phi) is 7.36. The molecule has 0 atom stereocenters. The fraction of sp³-hybridized carbons (Fsp3) is 0.500. The molecule has 0 bridgehead atoms. The number of nitrogens with zero attached hydrogens (tertiary/aromatic N) is 1. The first-order chi connectivity index (χ1) is 9.27. The highest BCUT2D eigenvalue weighted by molar-refractivity contribution is 5.96. The highest BCUT2D eigenvalue weighted by atomic mass is 35.5. The molecule has 1 heterocycles. The van der Waals surface area contributed by atoms with Gasteiger partial charge in [-0.1, -0.05) is 12.1 Å². The third kappa shape index (κ3) is 5.00. The zero-order valence-corrected chi connectivity index (χ0v) is 12.2. The smallest absolute Gasteiger partial charge is 0.255 e. The Balaban J connectivity index is 0.00000200. The van der Waals surface area contributed by atoms with E-state index in [1.54, 1.807) is 18.2 Å². The van der Waals surface area contributed by atoms with Gasteiger partial charge in [0.25, 0.3) is 5.91 Å². The van der Waals surface area contributed by atoms with Gasteiger partial charge in [-0.15, -0.1) is 12.4 Å². The normalized spacial score (nSPS) is 15.4. The maximum atomic E-state index is 11.8. The van der Waals surface area contributed by atoms with Crippen LogP contribution in [-0.2, 0) is 4.74 Å². The average molecular weight is 301 g/mol. The molecule has 2 rings (SSSR count). The van der Waals surface area contributed by atoms with Gasteiger partial charge in [0.15, 0.2) is 0 Å². The molecule has 2 N–H and O–H groups in total. The molecule has 1 aromatic carbocycles. The van der Waals surface area contributed by atoms with Gasteiger partial charge in [0.2, 0.25) is 0 Å². The van der Waals surface area contributed by atoms with Crippen molar-refractivity contribution in [2.45, 2.75) is 6.42 Å². The molecule has 20 heavy (non-hydrogen) atoms. The number of benzene rings is 1. The van der Waals surface area contributed by atoms with Crippen LogP contribution in [0.4, 0.5) is 0 Å². The lowest BCUT2D eigenvalue weighted by atomic mass is 10.2.